The number of carbonyl (C=O) groups excluding carboxylic acids is 2. The Morgan fingerprint density at radius 2 is 1.08 bits per heavy atom. The number of carbonyl (C=O) groups is 2. The van der Waals surface area contributed by atoms with E-state index in [1.54, 1.807) is 0 Å². The Morgan fingerprint density at radius 3 is 1.56 bits per heavy atom. The smallest absolute Gasteiger partial charge is 0.407 e. The van der Waals surface area contributed by atoms with Gasteiger partial charge in [-0.2, -0.15) is 0 Å². The van der Waals surface area contributed by atoms with Gasteiger partial charge in [0.25, 0.3) is 0 Å². The summed E-state index contributed by atoms with van der Waals surface area (Å²) < 4.78 is 11.3. The second kappa shape index (κ2) is 28.4. The summed E-state index contributed by atoms with van der Waals surface area (Å²) in [5.74, 6) is -0.218. The summed E-state index contributed by atoms with van der Waals surface area (Å²) in [6.07, 6.45) is 24.3. The third-order valence-corrected chi connectivity index (χ3v) is 6.85. The molecule has 0 aromatic rings. The Kier molecular flexibility index (Phi) is 29.2. The third-order valence-electron chi connectivity index (χ3n) is 6.85. The molecule has 1 N–H and O–H groups in total. The summed E-state index contributed by atoms with van der Waals surface area (Å²) in [4.78, 5) is 23.7. The van der Waals surface area contributed by atoms with Crippen LogP contribution in [0.3, 0.4) is 0 Å². The lowest BCUT2D eigenvalue weighted by Gasteiger charge is -2.23. The minimum Gasteiger partial charge on any atom is -1.00 e. The molecule has 0 aromatic heterocycles. The lowest BCUT2D eigenvalue weighted by molar-refractivity contribution is -0.870. The summed E-state index contributed by atoms with van der Waals surface area (Å²) in [5, 5.41) is 2.79. The second-order valence-electron chi connectivity index (χ2n) is 12.0. The van der Waals surface area contributed by atoms with Crippen molar-refractivity contribution >= 4 is 12.1 Å². The summed E-state index contributed by atoms with van der Waals surface area (Å²) in [6, 6.07) is 0. The minimum atomic E-state index is -0.435. The molecule has 0 aliphatic heterocycles. The summed E-state index contributed by atoms with van der Waals surface area (Å²) >= 11 is 0. The highest BCUT2D eigenvalue weighted by Crippen LogP contribution is 2.13. The highest BCUT2D eigenvalue weighted by molar-refractivity contribution is 5.69. The van der Waals surface area contributed by atoms with Crippen LogP contribution in [0.5, 0.6) is 0 Å². The van der Waals surface area contributed by atoms with Crippen LogP contribution >= 0.6 is 0 Å². The number of hydrogen-bond donors (Lipinski definition) is 1. The van der Waals surface area contributed by atoms with Crippen molar-refractivity contribution in [2.75, 3.05) is 47.4 Å². The first-order valence-electron chi connectivity index (χ1n) is 15.8. The van der Waals surface area contributed by atoms with E-state index < -0.39 is 6.09 Å². The van der Waals surface area contributed by atoms with Crippen molar-refractivity contribution in [3.05, 3.63) is 12.2 Å². The Labute approximate surface area is 252 Å². The average Bonchev–Trinajstić information content (AvgIpc) is 2.87. The molecule has 0 heterocycles. The van der Waals surface area contributed by atoms with Crippen LogP contribution in [0.25, 0.3) is 0 Å². The maximum absolute atomic E-state index is 11.8. The van der Waals surface area contributed by atoms with Gasteiger partial charge in [0.05, 0.1) is 27.7 Å². The zero-order valence-electron chi connectivity index (χ0n) is 26.1. The molecule has 0 saturated carbocycles. The summed E-state index contributed by atoms with van der Waals surface area (Å²) in [5.41, 5.74) is 0.584. The van der Waals surface area contributed by atoms with Crippen molar-refractivity contribution in [2.45, 2.75) is 135 Å². The molecule has 0 aliphatic rings. The normalized spacial score (nSPS) is 11.1. The molecule has 0 spiro atoms. The van der Waals surface area contributed by atoms with Gasteiger partial charge in [-0.1, -0.05) is 110 Å². The van der Waals surface area contributed by atoms with E-state index in [9.17, 15) is 9.59 Å². The highest BCUT2D eigenvalue weighted by atomic mass is 79.9. The molecule has 6 nitrogen and oxygen atoms in total. The predicted octanol–water partition coefficient (Wildman–Crippen LogP) is 5.34. The number of unbranched alkanes of at least 4 members (excludes halogenated alkanes) is 17. The van der Waals surface area contributed by atoms with Crippen LogP contribution in [-0.4, -0.2) is 64.0 Å². The fourth-order valence-corrected chi connectivity index (χ4v) is 4.41. The number of rotatable bonds is 27. The van der Waals surface area contributed by atoms with Crippen molar-refractivity contribution in [3.63, 3.8) is 0 Å². The molecule has 232 valence electrons. The van der Waals surface area contributed by atoms with E-state index in [-0.39, 0.29) is 36.2 Å². The van der Waals surface area contributed by atoms with Crippen LogP contribution in [0.2, 0.25) is 0 Å². The van der Waals surface area contributed by atoms with Crippen LogP contribution in [0, 0.1) is 0 Å². The van der Waals surface area contributed by atoms with Gasteiger partial charge in [0.15, 0.2) is 0 Å². The molecule has 0 saturated heterocycles. The second-order valence-corrected chi connectivity index (χ2v) is 12.0. The Balaban J connectivity index is 0. The number of alkyl carbamates (subject to hydrolysis) is 1. The molecule has 39 heavy (non-hydrogen) atoms. The fraction of sp³-hybridized carbons (Fsp3) is 0.875. The monoisotopic (exact) mass is 618 g/mol. The molecule has 0 atom stereocenters. The molecule has 1 amide bonds. The lowest BCUT2D eigenvalue weighted by atomic mass is 10.0. The fourth-order valence-electron chi connectivity index (χ4n) is 4.41. The molecule has 0 rings (SSSR count). The molecule has 7 heteroatoms. The number of nitrogens with one attached hydrogen (secondary N) is 1. The summed E-state index contributed by atoms with van der Waals surface area (Å²) in [7, 11) is 6.51. The van der Waals surface area contributed by atoms with Crippen LogP contribution in [0.1, 0.15) is 135 Å². The Hall–Kier alpha value is -1.08. The molecular formula is C32H63BrN2O4. The van der Waals surface area contributed by atoms with Crippen LogP contribution in [0.4, 0.5) is 4.79 Å². The van der Waals surface area contributed by atoms with E-state index >= 15 is 0 Å². The predicted molar refractivity (Wildman–Crippen MR) is 160 cm³/mol. The maximum atomic E-state index is 11.8. The SMILES string of the molecule is C=C(COC(=O)CCCCC[N+](C)(C)C)COC(=O)NCCCCCCCCCCCCCCCCCC.[Br-]. The zero-order valence-corrected chi connectivity index (χ0v) is 27.7. The van der Waals surface area contributed by atoms with Crippen LogP contribution in [0.15, 0.2) is 12.2 Å². The zero-order chi connectivity index (χ0) is 28.3. The van der Waals surface area contributed by atoms with Gasteiger partial charge >= 0.3 is 12.1 Å². The van der Waals surface area contributed by atoms with Gasteiger partial charge in [0.1, 0.15) is 13.2 Å². The first kappa shape index (κ1) is 40.1. The number of halogens is 1. The largest absolute Gasteiger partial charge is 1.00 e. The first-order valence-corrected chi connectivity index (χ1v) is 15.8. The van der Waals surface area contributed by atoms with E-state index in [1.165, 1.54) is 89.9 Å². The van der Waals surface area contributed by atoms with Crippen LogP contribution < -0.4 is 22.3 Å². The van der Waals surface area contributed by atoms with E-state index in [4.69, 9.17) is 9.47 Å². The molecule has 0 aromatic carbocycles. The number of nitrogens with zero attached hydrogens (tertiary/aromatic N) is 1. The van der Waals surface area contributed by atoms with Gasteiger partial charge in [-0.15, -0.1) is 0 Å². The first-order chi connectivity index (χ1) is 18.2. The molecule has 0 radical (unpaired) electrons. The molecule has 0 unspecified atom stereocenters. The number of esters is 1. The lowest BCUT2D eigenvalue weighted by Crippen LogP contribution is -3.00. The van der Waals surface area contributed by atoms with Crippen LogP contribution in [-0.2, 0) is 14.3 Å². The quantitative estimate of drug-likeness (QED) is 0.0584. The molecule has 0 aliphatic carbocycles. The van der Waals surface area contributed by atoms with Crippen molar-refractivity contribution in [1.29, 1.82) is 0 Å². The minimum absolute atomic E-state index is 0. The van der Waals surface area contributed by atoms with Crippen molar-refractivity contribution in [1.82, 2.24) is 5.32 Å². The Bertz CT molecular complexity index is 593. The number of amides is 1. The summed E-state index contributed by atoms with van der Waals surface area (Å²) in [6.45, 7) is 8.01. The van der Waals surface area contributed by atoms with Gasteiger partial charge in [0, 0.05) is 13.0 Å². The maximum Gasteiger partial charge on any atom is 0.407 e. The van der Waals surface area contributed by atoms with Gasteiger partial charge in [0.2, 0.25) is 0 Å². The van der Waals surface area contributed by atoms with Gasteiger partial charge in [-0.05, 0) is 31.3 Å². The Morgan fingerprint density at radius 1 is 0.641 bits per heavy atom. The molecular weight excluding hydrogens is 556 g/mol. The van der Waals surface area contributed by atoms with E-state index in [0.29, 0.717) is 18.5 Å². The van der Waals surface area contributed by atoms with Crippen molar-refractivity contribution in [3.8, 4) is 0 Å². The third kappa shape index (κ3) is 33.0. The average molecular weight is 620 g/mol. The standard InChI is InChI=1S/C32H62N2O4.BrH/c1-6-7-8-9-10-11-12-13-14-15-16-17-18-19-20-23-26-33-32(36)38-29-30(2)28-37-31(35)25-22-21-24-27-34(3,4)5;/h2,6-29H2,1,3-5H3;1H. The van der Waals surface area contributed by atoms with E-state index in [1.807, 2.05) is 0 Å². The van der Waals surface area contributed by atoms with E-state index in [2.05, 4.69) is 40.0 Å². The topological polar surface area (TPSA) is 64.6 Å². The number of ether oxygens (including phenoxy) is 2. The molecule has 0 fully saturated rings. The van der Waals surface area contributed by atoms with Crippen molar-refractivity contribution < 1.29 is 40.5 Å². The number of quaternary nitrogens is 1. The highest BCUT2D eigenvalue weighted by Gasteiger charge is 2.09. The van der Waals surface area contributed by atoms with Gasteiger partial charge < -0.3 is 36.3 Å². The van der Waals surface area contributed by atoms with Gasteiger partial charge in [-0.3, -0.25) is 4.79 Å². The molecule has 0 bridgehead atoms. The van der Waals surface area contributed by atoms with Crippen molar-refractivity contribution in [2.24, 2.45) is 0 Å². The van der Waals surface area contributed by atoms with Gasteiger partial charge in [-0.25, -0.2) is 4.79 Å². The van der Waals surface area contributed by atoms with E-state index in [0.717, 1.165) is 43.1 Å². The number of hydrogen-bond acceptors (Lipinski definition) is 4.